The Balaban J connectivity index is 1.69. The van der Waals surface area contributed by atoms with Gasteiger partial charge in [0.1, 0.15) is 0 Å². The number of nitrogens with zero attached hydrogens (tertiary/aromatic N) is 1. The zero-order valence-corrected chi connectivity index (χ0v) is 12.0. The quantitative estimate of drug-likeness (QED) is 0.815. The van der Waals surface area contributed by atoms with E-state index < -0.39 is 0 Å². The normalized spacial score (nSPS) is 31.2. The summed E-state index contributed by atoms with van der Waals surface area (Å²) in [5.74, 6) is 0. The number of hydrogen-bond donors (Lipinski definition) is 1. The Morgan fingerprint density at radius 3 is 2.94 bits per heavy atom. The number of rotatable bonds is 5. The Morgan fingerprint density at radius 2 is 2.17 bits per heavy atom. The minimum absolute atomic E-state index is 0.541. The molecule has 2 unspecified atom stereocenters. The molecule has 0 bridgehead atoms. The molecule has 3 nitrogen and oxygen atoms in total. The summed E-state index contributed by atoms with van der Waals surface area (Å²) >= 11 is 0. The van der Waals surface area contributed by atoms with Crippen molar-refractivity contribution < 1.29 is 4.74 Å². The molecule has 2 fully saturated rings. The lowest BCUT2D eigenvalue weighted by Gasteiger charge is -2.28. The first-order valence-corrected chi connectivity index (χ1v) is 7.96. The summed E-state index contributed by atoms with van der Waals surface area (Å²) in [4.78, 5) is 2.65. The van der Waals surface area contributed by atoms with Gasteiger partial charge in [-0.25, -0.2) is 0 Å². The third-order valence-corrected chi connectivity index (χ3v) is 4.24. The van der Waals surface area contributed by atoms with Gasteiger partial charge >= 0.3 is 0 Å². The average Bonchev–Trinajstić information content (AvgIpc) is 2.63. The summed E-state index contributed by atoms with van der Waals surface area (Å²) in [7, 11) is 0. The Bertz CT molecular complexity index is 217. The van der Waals surface area contributed by atoms with Crippen LogP contribution in [-0.2, 0) is 4.74 Å². The lowest BCUT2D eigenvalue weighted by molar-refractivity contribution is 0.00540. The van der Waals surface area contributed by atoms with Gasteiger partial charge in [-0.05, 0) is 51.6 Å². The first-order chi connectivity index (χ1) is 8.88. The fourth-order valence-corrected chi connectivity index (χ4v) is 3.18. The molecule has 0 amide bonds. The van der Waals surface area contributed by atoms with Gasteiger partial charge in [0.25, 0.3) is 0 Å². The van der Waals surface area contributed by atoms with Crippen molar-refractivity contribution in [2.45, 2.75) is 64.0 Å². The molecule has 3 heteroatoms. The van der Waals surface area contributed by atoms with Crippen LogP contribution in [0.15, 0.2) is 0 Å². The molecule has 0 aromatic rings. The third kappa shape index (κ3) is 4.87. The second-order valence-electron chi connectivity index (χ2n) is 5.87. The van der Waals surface area contributed by atoms with Crippen molar-refractivity contribution in [3.63, 3.8) is 0 Å². The van der Waals surface area contributed by atoms with Gasteiger partial charge in [0.2, 0.25) is 0 Å². The average molecular weight is 254 g/mol. The van der Waals surface area contributed by atoms with Crippen molar-refractivity contribution in [1.29, 1.82) is 0 Å². The van der Waals surface area contributed by atoms with E-state index >= 15 is 0 Å². The topological polar surface area (TPSA) is 24.5 Å². The molecule has 2 saturated heterocycles. The summed E-state index contributed by atoms with van der Waals surface area (Å²) in [5.41, 5.74) is 0. The smallest absolute Gasteiger partial charge is 0.0587 e. The SMILES string of the molecule is CCCC1CN(CCC2CCCCO2)CCCN1. The van der Waals surface area contributed by atoms with Crippen molar-refractivity contribution in [2.75, 3.05) is 32.8 Å². The van der Waals surface area contributed by atoms with Crippen LogP contribution in [0, 0.1) is 0 Å². The summed E-state index contributed by atoms with van der Waals surface area (Å²) in [5, 5.41) is 3.68. The molecule has 0 aliphatic carbocycles. The van der Waals surface area contributed by atoms with Crippen LogP contribution in [-0.4, -0.2) is 49.8 Å². The van der Waals surface area contributed by atoms with E-state index in [9.17, 15) is 0 Å². The highest BCUT2D eigenvalue weighted by molar-refractivity contribution is 4.77. The van der Waals surface area contributed by atoms with Crippen LogP contribution in [0.3, 0.4) is 0 Å². The molecule has 2 rings (SSSR count). The molecular formula is C15H30N2O. The van der Waals surface area contributed by atoms with E-state index in [4.69, 9.17) is 4.74 Å². The van der Waals surface area contributed by atoms with Crippen molar-refractivity contribution in [1.82, 2.24) is 10.2 Å². The van der Waals surface area contributed by atoms with Crippen molar-refractivity contribution in [2.24, 2.45) is 0 Å². The predicted molar refractivity (Wildman–Crippen MR) is 76.0 cm³/mol. The predicted octanol–water partition coefficient (Wildman–Crippen LogP) is 2.41. The van der Waals surface area contributed by atoms with Gasteiger partial charge in [-0.1, -0.05) is 13.3 Å². The van der Waals surface area contributed by atoms with Crippen LogP contribution >= 0.6 is 0 Å². The van der Waals surface area contributed by atoms with Gasteiger partial charge in [-0.2, -0.15) is 0 Å². The van der Waals surface area contributed by atoms with Gasteiger partial charge in [0.15, 0.2) is 0 Å². The highest BCUT2D eigenvalue weighted by Crippen LogP contribution is 2.16. The maximum Gasteiger partial charge on any atom is 0.0587 e. The highest BCUT2D eigenvalue weighted by atomic mass is 16.5. The zero-order chi connectivity index (χ0) is 12.6. The second-order valence-corrected chi connectivity index (χ2v) is 5.87. The first-order valence-electron chi connectivity index (χ1n) is 7.96. The van der Waals surface area contributed by atoms with E-state index in [0.29, 0.717) is 12.1 Å². The lowest BCUT2D eigenvalue weighted by atomic mass is 10.1. The van der Waals surface area contributed by atoms with Crippen LogP contribution < -0.4 is 5.32 Å². The summed E-state index contributed by atoms with van der Waals surface area (Å²) in [6.07, 6.45) is 9.59. The molecule has 0 radical (unpaired) electrons. The van der Waals surface area contributed by atoms with Crippen LogP contribution in [0.1, 0.15) is 51.9 Å². The van der Waals surface area contributed by atoms with Crippen LogP contribution in [0.4, 0.5) is 0 Å². The van der Waals surface area contributed by atoms with Crippen molar-refractivity contribution >= 4 is 0 Å². The molecule has 2 heterocycles. The number of ether oxygens (including phenoxy) is 1. The van der Waals surface area contributed by atoms with Gasteiger partial charge in [-0.3, -0.25) is 0 Å². The highest BCUT2D eigenvalue weighted by Gasteiger charge is 2.19. The maximum absolute atomic E-state index is 5.83. The summed E-state index contributed by atoms with van der Waals surface area (Å²) in [6.45, 7) is 8.20. The molecule has 0 aromatic heterocycles. The number of hydrogen-bond acceptors (Lipinski definition) is 3. The molecule has 2 aliphatic rings. The Kier molecular flexibility index (Phi) is 6.46. The van der Waals surface area contributed by atoms with Crippen LogP contribution in [0.2, 0.25) is 0 Å². The Hall–Kier alpha value is -0.120. The van der Waals surface area contributed by atoms with E-state index in [0.717, 1.165) is 6.61 Å². The fourth-order valence-electron chi connectivity index (χ4n) is 3.18. The van der Waals surface area contributed by atoms with E-state index in [-0.39, 0.29) is 0 Å². The van der Waals surface area contributed by atoms with E-state index in [1.54, 1.807) is 0 Å². The molecule has 18 heavy (non-hydrogen) atoms. The Labute approximate surface area is 112 Å². The third-order valence-electron chi connectivity index (χ3n) is 4.24. The van der Waals surface area contributed by atoms with Gasteiger partial charge in [0.05, 0.1) is 6.10 Å². The molecule has 106 valence electrons. The van der Waals surface area contributed by atoms with Crippen LogP contribution in [0.5, 0.6) is 0 Å². The largest absolute Gasteiger partial charge is 0.378 e. The van der Waals surface area contributed by atoms with Crippen LogP contribution in [0.25, 0.3) is 0 Å². The zero-order valence-electron chi connectivity index (χ0n) is 12.0. The standard InChI is InChI=1S/C15H30N2O/c1-2-6-14-13-17(10-5-9-16-14)11-8-15-7-3-4-12-18-15/h14-16H,2-13H2,1H3. The minimum Gasteiger partial charge on any atom is -0.378 e. The summed E-state index contributed by atoms with van der Waals surface area (Å²) in [6, 6.07) is 0.713. The molecule has 2 aliphatic heterocycles. The van der Waals surface area contributed by atoms with Crippen molar-refractivity contribution in [3.8, 4) is 0 Å². The van der Waals surface area contributed by atoms with E-state index in [1.807, 2.05) is 0 Å². The summed E-state index contributed by atoms with van der Waals surface area (Å²) < 4.78 is 5.83. The fraction of sp³-hybridized carbons (Fsp3) is 1.00. The van der Waals surface area contributed by atoms with Gasteiger partial charge < -0.3 is 15.0 Å². The monoisotopic (exact) mass is 254 g/mol. The maximum atomic E-state index is 5.83. The molecular weight excluding hydrogens is 224 g/mol. The van der Waals surface area contributed by atoms with Crippen molar-refractivity contribution in [3.05, 3.63) is 0 Å². The molecule has 0 saturated carbocycles. The van der Waals surface area contributed by atoms with E-state index in [2.05, 4.69) is 17.1 Å². The molecule has 0 spiro atoms. The Morgan fingerprint density at radius 1 is 1.22 bits per heavy atom. The number of nitrogens with one attached hydrogen (secondary N) is 1. The minimum atomic E-state index is 0.541. The first kappa shape index (κ1) is 14.3. The molecule has 0 aromatic carbocycles. The van der Waals surface area contributed by atoms with E-state index in [1.165, 1.54) is 71.1 Å². The lowest BCUT2D eigenvalue weighted by Crippen LogP contribution is -2.38. The second kappa shape index (κ2) is 8.13. The molecule has 1 N–H and O–H groups in total. The molecule has 2 atom stereocenters. The van der Waals surface area contributed by atoms with Gasteiger partial charge in [-0.15, -0.1) is 0 Å². The van der Waals surface area contributed by atoms with Gasteiger partial charge in [0, 0.05) is 25.7 Å².